The maximum atomic E-state index is 12.2. The van der Waals surface area contributed by atoms with Crippen molar-refractivity contribution in [3.8, 4) is 0 Å². The Morgan fingerprint density at radius 1 is 1.48 bits per heavy atom. The van der Waals surface area contributed by atoms with Crippen molar-refractivity contribution in [3.63, 3.8) is 0 Å². The van der Waals surface area contributed by atoms with E-state index in [9.17, 15) is 13.2 Å². The minimum absolute atomic E-state index is 0.0104. The number of carboxylic acid groups (broad SMARTS) is 1. The second-order valence-electron chi connectivity index (χ2n) is 5.54. The molecule has 21 heavy (non-hydrogen) atoms. The minimum atomic E-state index is -3.63. The number of nitrogens with one attached hydrogen (secondary N) is 1. The molecular weight excluding hydrogens is 292 g/mol. The van der Waals surface area contributed by atoms with Crippen molar-refractivity contribution >= 4 is 16.0 Å². The van der Waals surface area contributed by atoms with Crippen molar-refractivity contribution < 1.29 is 18.3 Å². The molecule has 1 fully saturated rings. The average Bonchev–Trinajstić information content (AvgIpc) is 2.78. The first-order chi connectivity index (χ1) is 9.94. The molecule has 0 aromatic carbocycles. The Hall–Kier alpha value is -1.34. The smallest absolute Gasteiger partial charge is 0.352 e. The zero-order valence-corrected chi connectivity index (χ0v) is 13.0. The Morgan fingerprint density at radius 2 is 2.19 bits per heavy atom. The van der Waals surface area contributed by atoms with Crippen LogP contribution in [0.25, 0.3) is 0 Å². The molecule has 1 aromatic rings. The van der Waals surface area contributed by atoms with E-state index in [0.717, 1.165) is 12.8 Å². The van der Waals surface area contributed by atoms with Gasteiger partial charge in [-0.25, -0.2) is 17.9 Å². The molecule has 0 amide bonds. The summed E-state index contributed by atoms with van der Waals surface area (Å²) in [5, 5.41) is 9.12. The van der Waals surface area contributed by atoms with Gasteiger partial charge in [-0.1, -0.05) is 26.2 Å². The molecule has 2 N–H and O–H groups in total. The van der Waals surface area contributed by atoms with Crippen LogP contribution in [-0.4, -0.2) is 30.6 Å². The van der Waals surface area contributed by atoms with Gasteiger partial charge in [-0.2, -0.15) is 0 Å². The molecule has 2 rings (SSSR count). The van der Waals surface area contributed by atoms with E-state index in [4.69, 9.17) is 5.11 Å². The summed E-state index contributed by atoms with van der Waals surface area (Å²) in [6, 6.07) is 1.23. The van der Waals surface area contributed by atoms with Gasteiger partial charge >= 0.3 is 5.97 Å². The number of carbonyl (C=O) groups is 1. The zero-order chi connectivity index (χ0) is 15.5. The van der Waals surface area contributed by atoms with E-state index in [-0.39, 0.29) is 10.6 Å². The molecule has 1 heterocycles. The quantitative estimate of drug-likeness (QED) is 0.769. The Labute approximate surface area is 125 Å². The molecule has 0 radical (unpaired) electrons. The molecule has 1 aliphatic carbocycles. The number of aromatic nitrogens is 1. The third kappa shape index (κ3) is 3.85. The van der Waals surface area contributed by atoms with Crippen molar-refractivity contribution in [2.75, 3.05) is 6.54 Å². The molecule has 7 heteroatoms. The van der Waals surface area contributed by atoms with Gasteiger partial charge in [0.05, 0.1) is 0 Å². The van der Waals surface area contributed by atoms with Gasteiger partial charge < -0.3 is 9.67 Å². The lowest BCUT2D eigenvalue weighted by Gasteiger charge is -2.24. The van der Waals surface area contributed by atoms with Crippen LogP contribution >= 0.6 is 0 Å². The average molecular weight is 314 g/mol. The normalized spacial score (nSPS) is 15.9. The number of rotatable bonds is 8. The molecule has 1 aliphatic rings. The second kappa shape index (κ2) is 6.62. The standard InChI is InChI=1S/C14H22N2O4S/c1-2-8-16-10-12(9-13(16)14(17)18)21(19,20)15-7-6-11-4-3-5-11/h9-11,15H,2-8H2,1H3,(H,17,18). The third-order valence-electron chi connectivity index (χ3n) is 3.93. The maximum Gasteiger partial charge on any atom is 0.352 e. The number of hydrogen-bond acceptors (Lipinski definition) is 3. The summed E-state index contributed by atoms with van der Waals surface area (Å²) < 4.78 is 28.4. The summed E-state index contributed by atoms with van der Waals surface area (Å²) in [7, 11) is -3.63. The van der Waals surface area contributed by atoms with Gasteiger partial charge in [-0.15, -0.1) is 0 Å². The fourth-order valence-electron chi connectivity index (χ4n) is 2.50. The van der Waals surface area contributed by atoms with Crippen LogP contribution < -0.4 is 4.72 Å². The van der Waals surface area contributed by atoms with Crippen LogP contribution in [0, 0.1) is 5.92 Å². The van der Waals surface area contributed by atoms with Crippen LogP contribution in [0.3, 0.4) is 0 Å². The van der Waals surface area contributed by atoms with E-state index in [0.29, 0.717) is 19.0 Å². The third-order valence-corrected chi connectivity index (χ3v) is 5.36. The first kappa shape index (κ1) is 16.0. The zero-order valence-electron chi connectivity index (χ0n) is 12.2. The van der Waals surface area contributed by atoms with Gasteiger partial charge in [-0.3, -0.25) is 0 Å². The van der Waals surface area contributed by atoms with Crippen LogP contribution in [0.2, 0.25) is 0 Å². The number of carboxylic acids is 1. The Bertz CT molecular complexity index is 602. The number of sulfonamides is 1. The topological polar surface area (TPSA) is 88.4 Å². The van der Waals surface area contributed by atoms with Gasteiger partial charge in [0.15, 0.2) is 0 Å². The van der Waals surface area contributed by atoms with E-state index in [1.807, 2.05) is 6.92 Å². The van der Waals surface area contributed by atoms with Gasteiger partial charge in [0, 0.05) is 19.3 Å². The molecule has 0 aliphatic heterocycles. The number of hydrogen-bond donors (Lipinski definition) is 2. The van der Waals surface area contributed by atoms with E-state index < -0.39 is 16.0 Å². The van der Waals surface area contributed by atoms with Gasteiger partial charge in [0.1, 0.15) is 10.6 Å². The highest BCUT2D eigenvalue weighted by molar-refractivity contribution is 7.89. The van der Waals surface area contributed by atoms with Gasteiger partial charge in [0.2, 0.25) is 10.0 Å². The number of aromatic carboxylic acids is 1. The predicted molar refractivity (Wildman–Crippen MR) is 78.8 cm³/mol. The molecule has 0 spiro atoms. The summed E-state index contributed by atoms with van der Waals surface area (Å²) in [5.41, 5.74) is 0.0104. The monoisotopic (exact) mass is 314 g/mol. The fourth-order valence-corrected chi connectivity index (χ4v) is 3.58. The van der Waals surface area contributed by atoms with Crippen molar-refractivity contribution in [1.82, 2.24) is 9.29 Å². The Morgan fingerprint density at radius 3 is 2.71 bits per heavy atom. The molecular formula is C14H22N2O4S. The van der Waals surface area contributed by atoms with Crippen LogP contribution in [0.5, 0.6) is 0 Å². The lowest BCUT2D eigenvalue weighted by atomic mass is 9.83. The Kier molecular flexibility index (Phi) is 5.05. The molecule has 0 unspecified atom stereocenters. The molecule has 1 saturated carbocycles. The lowest BCUT2D eigenvalue weighted by Crippen LogP contribution is -2.27. The highest BCUT2D eigenvalue weighted by atomic mass is 32.2. The van der Waals surface area contributed by atoms with Crippen molar-refractivity contribution in [1.29, 1.82) is 0 Å². The van der Waals surface area contributed by atoms with Crippen LogP contribution in [-0.2, 0) is 16.6 Å². The van der Waals surface area contributed by atoms with Crippen molar-refractivity contribution in [3.05, 3.63) is 18.0 Å². The molecule has 0 atom stereocenters. The van der Waals surface area contributed by atoms with Crippen molar-refractivity contribution in [2.24, 2.45) is 5.92 Å². The maximum absolute atomic E-state index is 12.2. The molecule has 1 aromatic heterocycles. The van der Waals surface area contributed by atoms with Crippen LogP contribution in [0.1, 0.15) is 49.5 Å². The summed E-state index contributed by atoms with van der Waals surface area (Å²) in [4.78, 5) is 11.2. The number of aryl methyl sites for hydroxylation is 1. The Balaban J connectivity index is 2.07. The largest absolute Gasteiger partial charge is 0.477 e. The molecule has 0 saturated heterocycles. The minimum Gasteiger partial charge on any atom is -0.477 e. The highest BCUT2D eigenvalue weighted by Gasteiger charge is 2.22. The fraction of sp³-hybridized carbons (Fsp3) is 0.643. The van der Waals surface area contributed by atoms with E-state index in [1.165, 1.54) is 36.1 Å². The highest BCUT2D eigenvalue weighted by Crippen LogP contribution is 2.28. The van der Waals surface area contributed by atoms with E-state index in [2.05, 4.69) is 4.72 Å². The molecule has 6 nitrogen and oxygen atoms in total. The first-order valence-corrected chi connectivity index (χ1v) is 8.85. The van der Waals surface area contributed by atoms with E-state index >= 15 is 0 Å². The first-order valence-electron chi connectivity index (χ1n) is 7.37. The SMILES string of the molecule is CCCn1cc(S(=O)(=O)NCCC2CCC2)cc1C(=O)O. The van der Waals surface area contributed by atoms with Crippen LogP contribution in [0.4, 0.5) is 0 Å². The van der Waals surface area contributed by atoms with Gasteiger partial charge in [0.25, 0.3) is 0 Å². The predicted octanol–water partition coefficient (Wildman–Crippen LogP) is 2.06. The summed E-state index contributed by atoms with van der Waals surface area (Å²) in [5.74, 6) is -0.480. The van der Waals surface area contributed by atoms with Crippen molar-refractivity contribution in [2.45, 2.75) is 50.5 Å². The molecule has 118 valence electrons. The summed E-state index contributed by atoms with van der Waals surface area (Å²) in [6.07, 6.45) is 6.58. The van der Waals surface area contributed by atoms with E-state index in [1.54, 1.807) is 0 Å². The second-order valence-corrected chi connectivity index (χ2v) is 7.31. The summed E-state index contributed by atoms with van der Waals surface area (Å²) in [6.45, 7) is 2.81. The lowest BCUT2D eigenvalue weighted by molar-refractivity contribution is 0.0685. The molecule has 0 bridgehead atoms. The van der Waals surface area contributed by atoms with Crippen LogP contribution in [0.15, 0.2) is 17.2 Å². The van der Waals surface area contributed by atoms with Gasteiger partial charge in [-0.05, 0) is 24.8 Å². The number of nitrogens with zero attached hydrogens (tertiary/aromatic N) is 1. The summed E-state index contributed by atoms with van der Waals surface area (Å²) >= 11 is 0.